The first-order chi connectivity index (χ1) is 9.13. The van der Waals surface area contributed by atoms with Crippen LogP contribution in [0.25, 0.3) is 5.65 Å². The summed E-state index contributed by atoms with van der Waals surface area (Å²) in [6.07, 6.45) is 1.74. The second-order valence-corrected chi connectivity index (χ2v) is 5.80. The fourth-order valence-corrected chi connectivity index (χ4v) is 2.51. The van der Waals surface area contributed by atoms with E-state index >= 15 is 0 Å². The molecule has 0 unspecified atom stereocenters. The molecule has 2 aromatic rings. The summed E-state index contributed by atoms with van der Waals surface area (Å²) in [5, 5.41) is 3.24. The van der Waals surface area contributed by atoms with Crippen LogP contribution in [0.4, 0.5) is 0 Å². The lowest BCUT2D eigenvalue weighted by atomic mass is 10.1. The second-order valence-electron chi connectivity index (χ2n) is 4.89. The van der Waals surface area contributed by atoms with Crippen LogP contribution in [-0.4, -0.2) is 40.5 Å². The highest BCUT2D eigenvalue weighted by atomic mass is 79.9. The van der Waals surface area contributed by atoms with E-state index in [4.69, 9.17) is 0 Å². The third-order valence-electron chi connectivity index (χ3n) is 3.47. The van der Waals surface area contributed by atoms with Gasteiger partial charge in [-0.25, -0.2) is 4.98 Å². The number of fused-ring (bicyclic) bond motifs is 1. The summed E-state index contributed by atoms with van der Waals surface area (Å²) in [6.45, 7) is 2.72. The first kappa shape index (κ1) is 12.8. The van der Waals surface area contributed by atoms with Gasteiger partial charge in [-0.05, 0) is 35.1 Å². The fraction of sp³-hybridized carbons (Fsp3) is 0.385. The van der Waals surface area contributed by atoms with Crippen molar-refractivity contribution in [1.29, 1.82) is 0 Å². The Morgan fingerprint density at radius 2 is 2.32 bits per heavy atom. The lowest BCUT2D eigenvalue weighted by Gasteiger charge is -2.35. The van der Waals surface area contributed by atoms with Crippen molar-refractivity contribution < 1.29 is 0 Å². The molecule has 3 heterocycles. The number of hydrogen-bond donors (Lipinski definition) is 1. The number of aromatic nitrogens is 2. The SMILES string of the molecule is CN(Cc1cc(=O)n2cc(Br)ccc2n1)C1CNC1. The van der Waals surface area contributed by atoms with Gasteiger partial charge in [0.1, 0.15) is 5.65 Å². The van der Waals surface area contributed by atoms with E-state index in [1.807, 2.05) is 12.1 Å². The maximum atomic E-state index is 12.1. The fourth-order valence-electron chi connectivity index (χ4n) is 2.18. The number of rotatable bonds is 3. The minimum Gasteiger partial charge on any atom is -0.314 e. The van der Waals surface area contributed by atoms with Crippen LogP contribution in [0.1, 0.15) is 5.69 Å². The van der Waals surface area contributed by atoms with Crippen molar-refractivity contribution in [2.24, 2.45) is 0 Å². The average Bonchev–Trinajstić information content (AvgIpc) is 2.28. The highest BCUT2D eigenvalue weighted by Gasteiger charge is 2.21. The Kier molecular flexibility index (Phi) is 3.38. The van der Waals surface area contributed by atoms with Crippen LogP contribution in [0, 0.1) is 0 Å². The van der Waals surface area contributed by atoms with E-state index in [2.05, 4.69) is 38.2 Å². The summed E-state index contributed by atoms with van der Waals surface area (Å²) >= 11 is 3.36. The molecule has 1 aliphatic heterocycles. The summed E-state index contributed by atoms with van der Waals surface area (Å²) in [4.78, 5) is 18.8. The molecule has 0 radical (unpaired) electrons. The van der Waals surface area contributed by atoms with Crippen molar-refractivity contribution in [1.82, 2.24) is 19.6 Å². The predicted octanol–water partition coefficient (Wildman–Crippen LogP) is 0.861. The average molecular weight is 323 g/mol. The molecule has 6 heteroatoms. The van der Waals surface area contributed by atoms with Crippen LogP contribution in [0.3, 0.4) is 0 Å². The largest absolute Gasteiger partial charge is 0.314 e. The summed E-state index contributed by atoms with van der Waals surface area (Å²) in [5.41, 5.74) is 1.47. The molecule has 5 nitrogen and oxygen atoms in total. The van der Waals surface area contributed by atoms with Gasteiger partial charge in [-0.2, -0.15) is 0 Å². The summed E-state index contributed by atoms with van der Waals surface area (Å²) in [5.74, 6) is 0. The van der Waals surface area contributed by atoms with Crippen molar-refractivity contribution >= 4 is 21.6 Å². The van der Waals surface area contributed by atoms with Crippen molar-refractivity contribution in [3.05, 3.63) is 44.9 Å². The van der Waals surface area contributed by atoms with E-state index in [0.717, 1.165) is 23.3 Å². The maximum Gasteiger partial charge on any atom is 0.258 e. The Morgan fingerprint density at radius 3 is 3.00 bits per heavy atom. The molecular weight excluding hydrogens is 308 g/mol. The molecule has 1 N–H and O–H groups in total. The van der Waals surface area contributed by atoms with Crippen LogP contribution >= 0.6 is 15.9 Å². The molecule has 0 spiro atoms. The van der Waals surface area contributed by atoms with Gasteiger partial charge in [0.2, 0.25) is 0 Å². The Labute approximate surface area is 119 Å². The number of pyridine rings is 1. The Hall–Kier alpha value is -1.24. The number of hydrogen-bond acceptors (Lipinski definition) is 4. The Bertz CT molecular complexity index is 665. The van der Waals surface area contributed by atoms with Crippen molar-refractivity contribution in [3.8, 4) is 0 Å². The van der Waals surface area contributed by atoms with E-state index in [0.29, 0.717) is 18.2 Å². The van der Waals surface area contributed by atoms with Gasteiger partial charge in [0.15, 0.2) is 0 Å². The number of halogens is 1. The van der Waals surface area contributed by atoms with Crippen molar-refractivity contribution in [3.63, 3.8) is 0 Å². The Morgan fingerprint density at radius 1 is 1.53 bits per heavy atom. The van der Waals surface area contributed by atoms with Gasteiger partial charge in [-0.15, -0.1) is 0 Å². The molecule has 100 valence electrons. The molecule has 0 amide bonds. The number of likely N-dealkylation sites (N-methyl/N-ethyl adjacent to an activating group) is 1. The zero-order valence-electron chi connectivity index (χ0n) is 10.6. The molecule has 19 heavy (non-hydrogen) atoms. The van der Waals surface area contributed by atoms with Crippen LogP contribution in [0.5, 0.6) is 0 Å². The van der Waals surface area contributed by atoms with Gasteiger partial charge < -0.3 is 5.32 Å². The smallest absolute Gasteiger partial charge is 0.258 e. The van der Waals surface area contributed by atoms with Crippen LogP contribution in [-0.2, 0) is 6.54 Å². The number of nitrogens with one attached hydrogen (secondary N) is 1. The van der Waals surface area contributed by atoms with Crippen molar-refractivity contribution in [2.75, 3.05) is 20.1 Å². The summed E-state index contributed by atoms with van der Waals surface area (Å²) < 4.78 is 2.42. The molecule has 2 aromatic heterocycles. The predicted molar refractivity (Wildman–Crippen MR) is 77.3 cm³/mol. The first-order valence-electron chi connectivity index (χ1n) is 6.22. The molecule has 1 saturated heterocycles. The van der Waals surface area contributed by atoms with E-state index in [1.165, 1.54) is 0 Å². The lowest BCUT2D eigenvalue weighted by Crippen LogP contribution is -2.55. The molecule has 0 aromatic carbocycles. The molecule has 0 saturated carbocycles. The van der Waals surface area contributed by atoms with Gasteiger partial charge in [0, 0.05) is 42.4 Å². The summed E-state index contributed by atoms with van der Waals surface area (Å²) in [6, 6.07) is 5.90. The molecule has 1 fully saturated rings. The standard InChI is InChI=1S/C13H15BrN4O/c1-17(11-5-15-6-11)8-10-4-13(19)18-7-9(14)2-3-12(18)16-10/h2-4,7,11,15H,5-6,8H2,1H3. The molecule has 0 bridgehead atoms. The highest BCUT2D eigenvalue weighted by molar-refractivity contribution is 9.10. The summed E-state index contributed by atoms with van der Waals surface area (Å²) in [7, 11) is 2.07. The van der Waals surface area contributed by atoms with Gasteiger partial charge in [0.05, 0.1) is 5.69 Å². The molecule has 3 rings (SSSR count). The van der Waals surface area contributed by atoms with Crippen LogP contribution in [0.15, 0.2) is 33.7 Å². The van der Waals surface area contributed by atoms with E-state index in [1.54, 1.807) is 16.7 Å². The zero-order chi connectivity index (χ0) is 13.4. The van der Waals surface area contributed by atoms with E-state index in [-0.39, 0.29) is 5.56 Å². The third kappa shape index (κ3) is 2.56. The Balaban J connectivity index is 1.92. The number of nitrogens with zero attached hydrogens (tertiary/aromatic N) is 3. The molecule has 1 aliphatic rings. The molecular formula is C13H15BrN4O. The minimum absolute atomic E-state index is 0.0403. The van der Waals surface area contributed by atoms with Crippen molar-refractivity contribution in [2.45, 2.75) is 12.6 Å². The maximum absolute atomic E-state index is 12.1. The zero-order valence-corrected chi connectivity index (χ0v) is 12.2. The van der Waals surface area contributed by atoms with Gasteiger partial charge >= 0.3 is 0 Å². The van der Waals surface area contributed by atoms with Crippen LogP contribution < -0.4 is 10.9 Å². The molecule has 0 atom stereocenters. The highest BCUT2D eigenvalue weighted by Crippen LogP contribution is 2.11. The molecule has 0 aliphatic carbocycles. The van der Waals surface area contributed by atoms with Gasteiger partial charge in [-0.3, -0.25) is 14.1 Å². The second kappa shape index (κ2) is 5.03. The lowest BCUT2D eigenvalue weighted by molar-refractivity contribution is 0.171. The normalized spacial score (nSPS) is 15.9. The van der Waals surface area contributed by atoms with Crippen LogP contribution in [0.2, 0.25) is 0 Å². The monoisotopic (exact) mass is 322 g/mol. The van der Waals surface area contributed by atoms with Gasteiger partial charge in [-0.1, -0.05) is 0 Å². The minimum atomic E-state index is -0.0403. The third-order valence-corrected chi connectivity index (χ3v) is 3.94. The van der Waals surface area contributed by atoms with E-state index < -0.39 is 0 Å². The topological polar surface area (TPSA) is 49.6 Å². The quantitative estimate of drug-likeness (QED) is 0.910. The van der Waals surface area contributed by atoms with E-state index in [9.17, 15) is 4.79 Å². The van der Waals surface area contributed by atoms with Gasteiger partial charge in [0.25, 0.3) is 5.56 Å². The first-order valence-corrected chi connectivity index (χ1v) is 7.01.